The standard InChI is InChI=1S/C16H35N/c1-4-7-8-9-10-13-16(14-17)15(11-5-2)12-6-3/h15-16H,4-14,17H2,1-3H3. The number of hydrogen-bond acceptors (Lipinski definition) is 1. The molecule has 1 heteroatoms. The maximum absolute atomic E-state index is 5.98. The predicted octanol–water partition coefficient (Wildman–Crippen LogP) is 5.14. The quantitative estimate of drug-likeness (QED) is 0.470. The smallest absolute Gasteiger partial charge is 0.00462 e. The van der Waals surface area contributed by atoms with Crippen molar-refractivity contribution in [1.29, 1.82) is 0 Å². The second-order valence-corrected chi connectivity index (χ2v) is 5.54. The fourth-order valence-corrected chi connectivity index (χ4v) is 2.91. The third-order valence-corrected chi connectivity index (χ3v) is 3.97. The molecule has 2 N–H and O–H groups in total. The molecular weight excluding hydrogens is 206 g/mol. The van der Waals surface area contributed by atoms with Crippen LogP contribution < -0.4 is 5.73 Å². The van der Waals surface area contributed by atoms with Crippen LogP contribution in [0.1, 0.15) is 85.0 Å². The molecule has 0 bridgehead atoms. The predicted molar refractivity (Wildman–Crippen MR) is 79.2 cm³/mol. The van der Waals surface area contributed by atoms with E-state index in [2.05, 4.69) is 20.8 Å². The van der Waals surface area contributed by atoms with E-state index in [9.17, 15) is 0 Å². The fraction of sp³-hybridized carbons (Fsp3) is 1.00. The lowest BCUT2D eigenvalue weighted by atomic mass is 9.82. The van der Waals surface area contributed by atoms with Crippen LogP contribution in [0.25, 0.3) is 0 Å². The van der Waals surface area contributed by atoms with Gasteiger partial charge in [-0.2, -0.15) is 0 Å². The van der Waals surface area contributed by atoms with Crippen molar-refractivity contribution in [3.05, 3.63) is 0 Å². The Kier molecular flexibility index (Phi) is 12.4. The molecule has 0 fully saturated rings. The van der Waals surface area contributed by atoms with Gasteiger partial charge in [-0.1, -0.05) is 78.6 Å². The number of rotatable bonds is 12. The highest BCUT2D eigenvalue weighted by molar-refractivity contribution is 4.71. The van der Waals surface area contributed by atoms with E-state index in [0.717, 1.165) is 18.4 Å². The van der Waals surface area contributed by atoms with Crippen molar-refractivity contribution in [3.8, 4) is 0 Å². The molecule has 0 aliphatic heterocycles. The normalized spacial score (nSPS) is 13.2. The summed E-state index contributed by atoms with van der Waals surface area (Å²) in [5.41, 5.74) is 5.98. The van der Waals surface area contributed by atoms with Crippen molar-refractivity contribution in [2.75, 3.05) is 6.54 Å². The molecule has 0 heterocycles. The van der Waals surface area contributed by atoms with Crippen LogP contribution in [0.5, 0.6) is 0 Å². The van der Waals surface area contributed by atoms with E-state index in [1.54, 1.807) is 0 Å². The Balaban J connectivity index is 3.83. The highest BCUT2D eigenvalue weighted by Crippen LogP contribution is 2.27. The molecule has 0 spiro atoms. The molecule has 0 aromatic heterocycles. The van der Waals surface area contributed by atoms with Crippen LogP contribution in [0, 0.1) is 11.8 Å². The molecule has 0 aromatic carbocycles. The van der Waals surface area contributed by atoms with Gasteiger partial charge in [0.1, 0.15) is 0 Å². The summed E-state index contributed by atoms with van der Waals surface area (Å²) in [5.74, 6) is 1.68. The van der Waals surface area contributed by atoms with Crippen LogP contribution in [-0.2, 0) is 0 Å². The molecule has 0 saturated carbocycles. The third-order valence-electron chi connectivity index (χ3n) is 3.97. The summed E-state index contributed by atoms with van der Waals surface area (Å²) in [7, 11) is 0. The fourth-order valence-electron chi connectivity index (χ4n) is 2.91. The largest absolute Gasteiger partial charge is 0.330 e. The van der Waals surface area contributed by atoms with E-state index >= 15 is 0 Å². The van der Waals surface area contributed by atoms with Gasteiger partial charge < -0.3 is 5.73 Å². The van der Waals surface area contributed by atoms with Gasteiger partial charge in [-0.15, -0.1) is 0 Å². The van der Waals surface area contributed by atoms with Gasteiger partial charge in [0.2, 0.25) is 0 Å². The average molecular weight is 241 g/mol. The van der Waals surface area contributed by atoms with E-state index in [4.69, 9.17) is 5.73 Å². The molecule has 1 unspecified atom stereocenters. The Morgan fingerprint density at radius 3 is 1.71 bits per heavy atom. The first-order valence-corrected chi connectivity index (χ1v) is 8.00. The second kappa shape index (κ2) is 12.4. The zero-order valence-electron chi connectivity index (χ0n) is 12.5. The molecular formula is C16H35N. The minimum atomic E-state index is 0.788. The average Bonchev–Trinajstić information content (AvgIpc) is 2.34. The van der Waals surface area contributed by atoms with E-state index in [1.807, 2.05) is 0 Å². The van der Waals surface area contributed by atoms with Crippen LogP contribution in [0.3, 0.4) is 0 Å². The minimum absolute atomic E-state index is 0.788. The van der Waals surface area contributed by atoms with Crippen molar-refractivity contribution < 1.29 is 0 Å². The summed E-state index contributed by atoms with van der Waals surface area (Å²) < 4.78 is 0. The number of unbranched alkanes of at least 4 members (excludes halogenated alkanes) is 4. The third kappa shape index (κ3) is 8.65. The lowest BCUT2D eigenvalue weighted by Crippen LogP contribution is -2.23. The Labute approximate surface area is 110 Å². The van der Waals surface area contributed by atoms with Gasteiger partial charge in [-0.3, -0.25) is 0 Å². The molecule has 17 heavy (non-hydrogen) atoms. The van der Waals surface area contributed by atoms with Gasteiger partial charge in [0, 0.05) is 0 Å². The summed E-state index contributed by atoms with van der Waals surface area (Å²) in [4.78, 5) is 0. The van der Waals surface area contributed by atoms with Gasteiger partial charge in [0.25, 0.3) is 0 Å². The minimum Gasteiger partial charge on any atom is -0.330 e. The molecule has 1 nitrogen and oxygen atoms in total. The van der Waals surface area contributed by atoms with E-state index in [0.29, 0.717) is 0 Å². The topological polar surface area (TPSA) is 26.0 Å². The van der Waals surface area contributed by atoms with Gasteiger partial charge in [0.15, 0.2) is 0 Å². The SMILES string of the molecule is CCCCCCCC(CN)C(CCC)CCC. The Hall–Kier alpha value is -0.0400. The van der Waals surface area contributed by atoms with E-state index in [-0.39, 0.29) is 0 Å². The van der Waals surface area contributed by atoms with Crippen molar-refractivity contribution >= 4 is 0 Å². The van der Waals surface area contributed by atoms with E-state index in [1.165, 1.54) is 64.2 Å². The molecule has 0 saturated heterocycles. The highest BCUT2D eigenvalue weighted by atomic mass is 14.6. The molecule has 0 rings (SSSR count). The molecule has 0 radical (unpaired) electrons. The van der Waals surface area contributed by atoms with Crippen molar-refractivity contribution in [2.45, 2.75) is 85.0 Å². The van der Waals surface area contributed by atoms with E-state index < -0.39 is 0 Å². The van der Waals surface area contributed by atoms with Gasteiger partial charge in [-0.25, -0.2) is 0 Å². The van der Waals surface area contributed by atoms with Crippen LogP contribution in [0.15, 0.2) is 0 Å². The zero-order chi connectivity index (χ0) is 12.9. The second-order valence-electron chi connectivity index (χ2n) is 5.54. The maximum Gasteiger partial charge on any atom is -0.00462 e. The first kappa shape index (κ1) is 17.0. The van der Waals surface area contributed by atoms with Crippen LogP contribution in [0.4, 0.5) is 0 Å². The molecule has 0 amide bonds. The van der Waals surface area contributed by atoms with Crippen LogP contribution in [-0.4, -0.2) is 6.54 Å². The van der Waals surface area contributed by atoms with Crippen LogP contribution in [0.2, 0.25) is 0 Å². The monoisotopic (exact) mass is 241 g/mol. The Morgan fingerprint density at radius 2 is 1.24 bits per heavy atom. The Bertz CT molecular complexity index is 138. The molecule has 0 aliphatic rings. The lowest BCUT2D eigenvalue weighted by molar-refractivity contribution is 0.272. The first-order chi connectivity index (χ1) is 8.29. The van der Waals surface area contributed by atoms with Gasteiger partial charge in [0.05, 0.1) is 0 Å². The molecule has 0 aromatic rings. The molecule has 1 atom stereocenters. The summed E-state index contributed by atoms with van der Waals surface area (Å²) in [6.07, 6.45) is 13.7. The van der Waals surface area contributed by atoms with Crippen molar-refractivity contribution in [2.24, 2.45) is 17.6 Å². The van der Waals surface area contributed by atoms with Gasteiger partial charge in [-0.05, 0) is 24.8 Å². The van der Waals surface area contributed by atoms with Gasteiger partial charge >= 0.3 is 0 Å². The summed E-state index contributed by atoms with van der Waals surface area (Å²) in [6, 6.07) is 0. The first-order valence-electron chi connectivity index (χ1n) is 8.00. The maximum atomic E-state index is 5.98. The van der Waals surface area contributed by atoms with Crippen LogP contribution >= 0.6 is 0 Å². The number of nitrogens with two attached hydrogens (primary N) is 1. The number of hydrogen-bond donors (Lipinski definition) is 1. The Morgan fingerprint density at radius 1 is 0.647 bits per heavy atom. The lowest BCUT2D eigenvalue weighted by Gasteiger charge is -2.25. The summed E-state index contributed by atoms with van der Waals surface area (Å²) >= 11 is 0. The zero-order valence-corrected chi connectivity index (χ0v) is 12.5. The van der Waals surface area contributed by atoms with Crippen molar-refractivity contribution in [1.82, 2.24) is 0 Å². The molecule has 0 aliphatic carbocycles. The van der Waals surface area contributed by atoms with Crippen molar-refractivity contribution in [3.63, 3.8) is 0 Å². The summed E-state index contributed by atoms with van der Waals surface area (Å²) in [5, 5.41) is 0. The summed E-state index contributed by atoms with van der Waals surface area (Å²) in [6.45, 7) is 7.79. The molecule has 104 valence electrons. The highest BCUT2D eigenvalue weighted by Gasteiger charge is 2.18.